The van der Waals surface area contributed by atoms with Crippen molar-refractivity contribution in [3.8, 4) is 0 Å². The van der Waals surface area contributed by atoms with Crippen LogP contribution in [-0.2, 0) is 0 Å². The predicted octanol–water partition coefficient (Wildman–Crippen LogP) is 5.55. The van der Waals surface area contributed by atoms with E-state index in [2.05, 4.69) is 24.1 Å². The molecule has 0 amide bonds. The molecule has 0 aromatic heterocycles. The third kappa shape index (κ3) is 3.91. The second kappa shape index (κ2) is 7.55. The molecule has 1 saturated heterocycles. The van der Waals surface area contributed by atoms with Crippen LogP contribution >= 0.6 is 35.6 Å². The van der Waals surface area contributed by atoms with Crippen molar-refractivity contribution in [1.82, 2.24) is 4.90 Å². The number of thiocarbonyl (C=S) groups is 1. The number of aliphatic imine (C=N–C) groups is 1. The van der Waals surface area contributed by atoms with Crippen molar-refractivity contribution in [1.29, 1.82) is 0 Å². The minimum absolute atomic E-state index is 0.261. The molecule has 1 aliphatic rings. The largest absolute Gasteiger partial charge is 0.332 e. The van der Waals surface area contributed by atoms with Crippen LogP contribution in [0, 0.1) is 0 Å². The summed E-state index contributed by atoms with van der Waals surface area (Å²) in [5.74, 6) is 0. The standard InChI is InChI=1S/C18H18ClN3S2/c1-12-13(2)24-18(21-15-8-4-3-5-9-15)22(12)17(23)20-16-10-6-7-14(19)11-16/h3-13H,1-2H3,(H,20,23). The molecule has 2 aromatic carbocycles. The smallest absolute Gasteiger partial charge is 0.179 e. The van der Waals surface area contributed by atoms with E-state index in [1.807, 2.05) is 54.6 Å². The quantitative estimate of drug-likeness (QED) is 0.696. The first-order valence-corrected chi connectivity index (χ1v) is 9.37. The molecular weight excluding hydrogens is 358 g/mol. The molecule has 0 spiro atoms. The molecule has 0 bridgehead atoms. The van der Waals surface area contributed by atoms with Gasteiger partial charge in [-0.1, -0.05) is 54.6 Å². The van der Waals surface area contributed by atoms with Gasteiger partial charge in [0.05, 0.1) is 5.69 Å². The van der Waals surface area contributed by atoms with Gasteiger partial charge in [0.25, 0.3) is 0 Å². The number of benzene rings is 2. The molecule has 1 N–H and O–H groups in total. The highest BCUT2D eigenvalue weighted by Crippen LogP contribution is 2.33. The molecule has 1 heterocycles. The molecule has 2 aromatic rings. The van der Waals surface area contributed by atoms with Crippen molar-refractivity contribution in [2.75, 3.05) is 5.32 Å². The van der Waals surface area contributed by atoms with E-state index >= 15 is 0 Å². The molecular formula is C18H18ClN3S2. The Bertz CT molecular complexity index is 764. The Labute approximate surface area is 157 Å². The van der Waals surface area contributed by atoms with E-state index in [4.69, 9.17) is 28.8 Å². The summed E-state index contributed by atoms with van der Waals surface area (Å²) in [6.45, 7) is 4.36. The van der Waals surface area contributed by atoms with Gasteiger partial charge < -0.3 is 5.32 Å². The molecule has 3 rings (SSSR count). The van der Waals surface area contributed by atoms with Crippen molar-refractivity contribution in [2.24, 2.45) is 4.99 Å². The van der Waals surface area contributed by atoms with E-state index in [0.29, 0.717) is 15.4 Å². The summed E-state index contributed by atoms with van der Waals surface area (Å²) < 4.78 is 0. The highest BCUT2D eigenvalue weighted by molar-refractivity contribution is 8.14. The van der Waals surface area contributed by atoms with Gasteiger partial charge in [0.1, 0.15) is 0 Å². The lowest BCUT2D eigenvalue weighted by atomic mass is 10.2. The van der Waals surface area contributed by atoms with Gasteiger partial charge in [-0.05, 0) is 49.5 Å². The van der Waals surface area contributed by atoms with Crippen molar-refractivity contribution in [3.05, 3.63) is 59.6 Å². The van der Waals surface area contributed by atoms with E-state index in [1.165, 1.54) is 0 Å². The average molecular weight is 376 g/mol. The van der Waals surface area contributed by atoms with Crippen molar-refractivity contribution in [3.63, 3.8) is 0 Å². The van der Waals surface area contributed by atoms with Crippen LogP contribution in [-0.4, -0.2) is 26.5 Å². The van der Waals surface area contributed by atoms with Crippen LogP contribution in [0.5, 0.6) is 0 Å². The number of hydrogen-bond acceptors (Lipinski definition) is 3. The molecule has 0 radical (unpaired) electrons. The maximum atomic E-state index is 6.05. The van der Waals surface area contributed by atoms with E-state index in [9.17, 15) is 0 Å². The van der Waals surface area contributed by atoms with Gasteiger partial charge in [0, 0.05) is 22.0 Å². The van der Waals surface area contributed by atoms with Gasteiger partial charge in [-0.15, -0.1) is 0 Å². The number of halogens is 1. The minimum atomic E-state index is 0.261. The highest BCUT2D eigenvalue weighted by atomic mass is 35.5. The van der Waals surface area contributed by atoms with E-state index in [0.717, 1.165) is 16.5 Å². The fourth-order valence-electron chi connectivity index (χ4n) is 2.42. The Kier molecular flexibility index (Phi) is 5.43. The van der Waals surface area contributed by atoms with Crippen LogP contribution in [0.4, 0.5) is 11.4 Å². The maximum absolute atomic E-state index is 6.05. The maximum Gasteiger partial charge on any atom is 0.179 e. The van der Waals surface area contributed by atoms with Gasteiger partial charge in [-0.2, -0.15) is 0 Å². The summed E-state index contributed by atoms with van der Waals surface area (Å²) in [7, 11) is 0. The first-order valence-electron chi connectivity index (χ1n) is 7.71. The Hall–Kier alpha value is -1.56. The van der Waals surface area contributed by atoms with Crippen LogP contribution in [0.2, 0.25) is 5.02 Å². The van der Waals surface area contributed by atoms with Crippen LogP contribution in [0.1, 0.15) is 13.8 Å². The molecule has 0 saturated carbocycles. The average Bonchev–Trinajstić information content (AvgIpc) is 2.82. The van der Waals surface area contributed by atoms with Gasteiger partial charge in [-0.25, -0.2) is 4.99 Å². The molecule has 6 heteroatoms. The monoisotopic (exact) mass is 375 g/mol. The number of nitrogens with zero attached hydrogens (tertiary/aromatic N) is 2. The van der Waals surface area contributed by atoms with E-state index < -0.39 is 0 Å². The lowest BCUT2D eigenvalue weighted by Gasteiger charge is -2.25. The molecule has 1 aliphatic heterocycles. The Morgan fingerprint density at radius 1 is 1.17 bits per heavy atom. The molecule has 0 aliphatic carbocycles. The number of para-hydroxylation sites is 1. The van der Waals surface area contributed by atoms with Crippen LogP contribution in [0.15, 0.2) is 59.6 Å². The number of thioether (sulfide) groups is 1. The number of hydrogen-bond donors (Lipinski definition) is 1. The summed E-state index contributed by atoms with van der Waals surface area (Å²) >= 11 is 13.4. The first-order chi connectivity index (χ1) is 11.5. The predicted molar refractivity (Wildman–Crippen MR) is 110 cm³/mol. The Morgan fingerprint density at radius 3 is 2.62 bits per heavy atom. The minimum Gasteiger partial charge on any atom is -0.332 e. The van der Waals surface area contributed by atoms with Gasteiger partial charge in [0.2, 0.25) is 0 Å². The molecule has 1 fully saturated rings. The van der Waals surface area contributed by atoms with Crippen molar-refractivity contribution in [2.45, 2.75) is 25.1 Å². The van der Waals surface area contributed by atoms with Gasteiger partial charge in [0.15, 0.2) is 10.3 Å². The summed E-state index contributed by atoms with van der Waals surface area (Å²) in [5.41, 5.74) is 1.81. The molecule has 3 nitrogen and oxygen atoms in total. The third-order valence-corrected chi connectivity index (χ3v) is 5.66. The number of amidine groups is 1. The fraction of sp³-hybridized carbons (Fsp3) is 0.222. The summed E-state index contributed by atoms with van der Waals surface area (Å²) in [4.78, 5) is 6.85. The van der Waals surface area contributed by atoms with Crippen molar-refractivity contribution < 1.29 is 0 Å². The van der Waals surface area contributed by atoms with Crippen molar-refractivity contribution >= 4 is 57.2 Å². The number of nitrogens with one attached hydrogen (secondary N) is 1. The second-order valence-corrected chi connectivity index (χ2v) is 7.77. The summed E-state index contributed by atoms with van der Waals surface area (Å²) in [5, 5.41) is 5.91. The van der Waals surface area contributed by atoms with Crippen LogP contribution in [0.3, 0.4) is 0 Å². The van der Waals surface area contributed by atoms with E-state index in [1.54, 1.807) is 11.8 Å². The van der Waals surface area contributed by atoms with Gasteiger partial charge >= 0.3 is 0 Å². The van der Waals surface area contributed by atoms with Crippen LogP contribution in [0.25, 0.3) is 0 Å². The molecule has 124 valence electrons. The Balaban J connectivity index is 1.85. The van der Waals surface area contributed by atoms with Gasteiger partial charge in [-0.3, -0.25) is 4.90 Å². The zero-order valence-electron chi connectivity index (χ0n) is 13.4. The lowest BCUT2D eigenvalue weighted by Crippen LogP contribution is -2.41. The second-order valence-electron chi connectivity index (χ2n) is 5.60. The Morgan fingerprint density at radius 2 is 1.92 bits per heavy atom. The third-order valence-electron chi connectivity index (χ3n) is 3.86. The fourth-order valence-corrected chi connectivity index (χ4v) is 4.22. The highest BCUT2D eigenvalue weighted by Gasteiger charge is 2.36. The van der Waals surface area contributed by atoms with Crippen LogP contribution < -0.4 is 5.32 Å². The lowest BCUT2D eigenvalue weighted by molar-refractivity contribution is 0.489. The molecule has 2 unspecified atom stereocenters. The number of anilines is 1. The zero-order valence-corrected chi connectivity index (χ0v) is 15.8. The topological polar surface area (TPSA) is 27.6 Å². The summed E-state index contributed by atoms with van der Waals surface area (Å²) in [6, 6.07) is 17.8. The normalized spacial score (nSPS) is 22.0. The van der Waals surface area contributed by atoms with E-state index in [-0.39, 0.29) is 6.04 Å². The molecule has 24 heavy (non-hydrogen) atoms. The zero-order chi connectivity index (χ0) is 17.1. The first kappa shape index (κ1) is 17.3. The number of rotatable bonds is 2. The molecule has 2 atom stereocenters. The SMILES string of the molecule is CC1SC(=Nc2ccccc2)N(C(=S)Nc2cccc(Cl)c2)C1C. The summed E-state index contributed by atoms with van der Waals surface area (Å²) in [6.07, 6.45) is 0.